The van der Waals surface area contributed by atoms with E-state index in [1.54, 1.807) is 18.2 Å². The Balaban J connectivity index is 1.84. The summed E-state index contributed by atoms with van der Waals surface area (Å²) >= 11 is 0. The summed E-state index contributed by atoms with van der Waals surface area (Å²) in [4.78, 5) is 21.0. The van der Waals surface area contributed by atoms with Gasteiger partial charge < -0.3 is 10.6 Å². The molecule has 1 aromatic heterocycles. The number of hydrogen-bond donors (Lipinski definition) is 2. The highest BCUT2D eigenvalue weighted by Crippen LogP contribution is 2.22. The van der Waals surface area contributed by atoms with Gasteiger partial charge in [-0.05, 0) is 25.1 Å². The van der Waals surface area contributed by atoms with Crippen LogP contribution in [0, 0.1) is 6.92 Å². The van der Waals surface area contributed by atoms with E-state index in [0.717, 1.165) is 16.9 Å². The number of carbonyl (C=O) groups excluding carboxylic acids is 1. The van der Waals surface area contributed by atoms with Crippen molar-refractivity contribution in [2.75, 3.05) is 11.9 Å². The fourth-order valence-electron chi connectivity index (χ4n) is 2.54. The van der Waals surface area contributed by atoms with E-state index in [0.29, 0.717) is 23.8 Å². The van der Waals surface area contributed by atoms with Crippen LogP contribution in [0.4, 0.5) is 11.5 Å². The predicted octanol–water partition coefficient (Wildman–Crippen LogP) is 4.11. The van der Waals surface area contributed by atoms with Crippen molar-refractivity contribution in [1.29, 1.82) is 0 Å². The first-order chi connectivity index (χ1) is 12.7. The van der Waals surface area contributed by atoms with Gasteiger partial charge in [-0.1, -0.05) is 42.5 Å². The van der Waals surface area contributed by atoms with E-state index in [9.17, 15) is 4.79 Å². The maximum atomic E-state index is 12.1. The Labute approximate surface area is 152 Å². The molecule has 0 spiro atoms. The van der Waals surface area contributed by atoms with Crippen molar-refractivity contribution < 1.29 is 4.79 Å². The normalized spacial score (nSPS) is 10.2. The number of nitrogens with zero attached hydrogens (tertiary/aromatic N) is 2. The van der Waals surface area contributed by atoms with Crippen LogP contribution in [0.25, 0.3) is 11.3 Å². The van der Waals surface area contributed by atoms with Crippen molar-refractivity contribution in [3.8, 4) is 11.3 Å². The Kier molecular flexibility index (Phi) is 5.39. The zero-order valence-electron chi connectivity index (χ0n) is 14.6. The molecule has 3 rings (SSSR count). The number of aromatic nitrogens is 2. The van der Waals surface area contributed by atoms with Gasteiger partial charge >= 0.3 is 0 Å². The average molecular weight is 344 g/mol. The van der Waals surface area contributed by atoms with Gasteiger partial charge in [-0.25, -0.2) is 9.97 Å². The maximum Gasteiger partial charge on any atom is 0.251 e. The first-order valence-electron chi connectivity index (χ1n) is 8.33. The molecule has 0 radical (unpaired) electrons. The van der Waals surface area contributed by atoms with Crippen molar-refractivity contribution in [3.05, 3.63) is 84.7 Å². The lowest BCUT2D eigenvalue weighted by Gasteiger charge is -2.10. The van der Waals surface area contributed by atoms with Gasteiger partial charge in [-0.2, -0.15) is 0 Å². The maximum absolute atomic E-state index is 12.1. The molecule has 0 unspecified atom stereocenters. The van der Waals surface area contributed by atoms with Crippen LogP contribution in [-0.2, 0) is 0 Å². The number of rotatable bonds is 6. The smallest absolute Gasteiger partial charge is 0.251 e. The monoisotopic (exact) mass is 344 g/mol. The van der Waals surface area contributed by atoms with E-state index < -0.39 is 0 Å². The summed E-state index contributed by atoms with van der Waals surface area (Å²) in [6.07, 6.45) is 1.65. The standard InChI is InChI=1S/C21H20N4O/c1-3-12-22-21(26)17-10-7-11-18(13-17)25-20-14-19(23-15(2)24-20)16-8-5-4-6-9-16/h3-11,13-14H,1,12H2,2H3,(H,22,26)(H,23,24,25). The summed E-state index contributed by atoms with van der Waals surface area (Å²) in [5.41, 5.74) is 3.23. The Morgan fingerprint density at radius 2 is 1.88 bits per heavy atom. The first-order valence-corrected chi connectivity index (χ1v) is 8.33. The third-order valence-corrected chi connectivity index (χ3v) is 3.71. The lowest BCUT2D eigenvalue weighted by atomic mass is 10.1. The van der Waals surface area contributed by atoms with Crippen molar-refractivity contribution in [3.63, 3.8) is 0 Å². The highest BCUT2D eigenvalue weighted by Gasteiger charge is 2.07. The van der Waals surface area contributed by atoms with Crippen LogP contribution in [0.5, 0.6) is 0 Å². The van der Waals surface area contributed by atoms with E-state index in [1.165, 1.54) is 0 Å². The molecule has 0 atom stereocenters. The zero-order chi connectivity index (χ0) is 18.4. The number of nitrogens with one attached hydrogen (secondary N) is 2. The minimum atomic E-state index is -0.141. The summed E-state index contributed by atoms with van der Waals surface area (Å²) in [6.45, 7) is 5.89. The second kappa shape index (κ2) is 8.07. The van der Waals surface area contributed by atoms with Gasteiger partial charge in [0, 0.05) is 29.4 Å². The van der Waals surface area contributed by atoms with E-state index >= 15 is 0 Å². The molecule has 2 aromatic carbocycles. The molecule has 5 heteroatoms. The Bertz CT molecular complexity index is 922. The second-order valence-electron chi connectivity index (χ2n) is 5.76. The van der Waals surface area contributed by atoms with Crippen LogP contribution in [0.2, 0.25) is 0 Å². The second-order valence-corrected chi connectivity index (χ2v) is 5.76. The summed E-state index contributed by atoms with van der Waals surface area (Å²) in [5, 5.41) is 6.02. The molecule has 0 bridgehead atoms. The quantitative estimate of drug-likeness (QED) is 0.660. The van der Waals surface area contributed by atoms with Gasteiger partial charge in [0.25, 0.3) is 5.91 Å². The number of aryl methyl sites for hydroxylation is 1. The fraction of sp³-hybridized carbons (Fsp3) is 0.0952. The van der Waals surface area contributed by atoms with Gasteiger partial charge in [-0.3, -0.25) is 4.79 Å². The minimum Gasteiger partial charge on any atom is -0.349 e. The van der Waals surface area contributed by atoms with Crippen LogP contribution >= 0.6 is 0 Å². The summed E-state index contributed by atoms with van der Waals surface area (Å²) in [6, 6.07) is 19.1. The van der Waals surface area contributed by atoms with Crippen molar-refractivity contribution in [2.45, 2.75) is 6.92 Å². The van der Waals surface area contributed by atoms with Crippen LogP contribution < -0.4 is 10.6 Å². The molecule has 0 saturated heterocycles. The molecule has 0 saturated carbocycles. The molecule has 130 valence electrons. The van der Waals surface area contributed by atoms with Crippen molar-refractivity contribution in [1.82, 2.24) is 15.3 Å². The summed E-state index contributed by atoms with van der Waals surface area (Å²) < 4.78 is 0. The van der Waals surface area contributed by atoms with E-state index in [1.807, 2.05) is 55.5 Å². The molecular weight excluding hydrogens is 324 g/mol. The topological polar surface area (TPSA) is 66.9 Å². The largest absolute Gasteiger partial charge is 0.349 e. The van der Waals surface area contributed by atoms with Crippen molar-refractivity contribution >= 4 is 17.4 Å². The van der Waals surface area contributed by atoms with Gasteiger partial charge in [0.2, 0.25) is 0 Å². The fourth-order valence-corrected chi connectivity index (χ4v) is 2.54. The lowest BCUT2D eigenvalue weighted by Crippen LogP contribution is -2.23. The Hall–Kier alpha value is -3.47. The molecule has 0 aliphatic rings. The number of anilines is 2. The zero-order valence-corrected chi connectivity index (χ0v) is 14.6. The van der Waals surface area contributed by atoms with Gasteiger partial charge in [-0.15, -0.1) is 6.58 Å². The lowest BCUT2D eigenvalue weighted by molar-refractivity contribution is 0.0958. The molecule has 5 nitrogen and oxygen atoms in total. The van der Waals surface area contributed by atoms with E-state index in [4.69, 9.17) is 0 Å². The van der Waals surface area contributed by atoms with E-state index in [2.05, 4.69) is 27.2 Å². The van der Waals surface area contributed by atoms with Gasteiger partial charge in [0.15, 0.2) is 0 Å². The average Bonchev–Trinajstić information content (AvgIpc) is 2.66. The van der Waals surface area contributed by atoms with Gasteiger partial charge in [0.1, 0.15) is 11.6 Å². The third kappa shape index (κ3) is 4.33. The molecule has 1 amide bonds. The summed E-state index contributed by atoms with van der Waals surface area (Å²) in [5.74, 6) is 1.21. The molecule has 1 heterocycles. The molecule has 0 aliphatic carbocycles. The third-order valence-electron chi connectivity index (χ3n) is 3.71. The van der Waals surface area contributed by atoms with Crippen molar-refractivity contribution in [2.24, 2.45) is 0 Å². The van der Waals surface area contributed by atoms with Crippen LogP contribution in [-0.4, -0.2) is 22.4 Å². The highest BCUT2D eigenvalue weighted by atomic mass is 16.1. The van der Waals surface area contributed by atoms with E-state index in [-0.39, 0.29) is 5.91 Å². The Morgan fingerprint density at radius 1 is 1.08 bits per heavy atom. The number of carbonyl (C=O) groups is 1. The van der Waals surface area contributed by atoms with Crippen LogP contribution in [0.15, 0.2) is 73.3 Å². The molecule has 26 heavy (non-hydrogen) atoms. The molecule has 3 aromatic rings. The number of hydrogen-bond acceptors (Lipinski definition) is 4. The first kappa shape index (κ1) is 17.4. The predicted molar refractivity (Wildman–Crippen MR) is 104 cm³/mol. The number of benzene rings is 2. The highest BCUT2D eigenvalue weighted by molar-refractivity contribution is 5.95. The molecular formula is C21H20N4O. The van der Waals surface area contributed by atoms with Crippen LogP contribution in [0.3, 0.4) is 0 Å². The summed E-state index contributed by atoms with van der Waals surface area (Å²) in [7, 11) is 0. The minimum absolute atomic E-state index is 0.141. The number of amides is 1. The molecule has 0 aliphatic heterocycles. The Morgan fingerprint density at radius 3 is 2.65 bits per heavy atom. The van der Waals surface area contributed by atoms with Gasteiger partial charge in [0.05, 0.1) is 5.69 Å². The molecule has 2 N–H and O–H groups in total. The molecule has 0 fully saturated rings. The van der Waals surface area contributed by atoms with Crippen LogP contribution in [0.1, 0.15) is 16.2 Å². The SMILES string of the molecule is C=CCNC(=O)c1cccc(Nc2cc(-c3ccccc3)nc(C)n2)c1.